The van der Waals surface area contributed by atoms with Crippen molar-refractivity contribution in [1.82, 2.24) is 0 Å². The highest BCUT2D eigenvalue weighted by Gasteiger charge is 2.25. The summed E-state index contributed by atoms with van der Waals surface area (Å²) in [4.78, 5) is 0.593. The molecule has 1 saturated carbocycles. The van der Waals surface area contributed by atoms with Crippen LogP contribution in [0.3, 0.4) is 0 Å². The first-order chi connectivity index (χ1) is 7.33. The molecule has 15 heavy (non-hydrogen) atoms. The molecule has 1 fully saturated rings. The van der Waals surface area contributed by atoms with Gasteiger partial charge in [-0.2, -0.15) is 0 Å². The molecule has 0 nitrogen and oxygen atoms in total. The zero-order chi connectivity index (χ0) is 10.3. The lowest BCUT2D eigenvalue weighted by Gasteiger charge is -2.11. The Balaban J connectivity index is 1.78. The molecule has 0 saturated heterocycles. The first kappa shape index (κ1) is 9.89. The van der Waals surface area contributed by atoms with Crippen molar-refractivity contribution in [2.75, 3.05) is 0 Å². The van der Waals surface area contributed by atoms with Gasteiger partial charge in [0.05, 0.1) is 0 Å². The van der Waals surface area contributed by atoms with Crippen LogP contribution in [0.2, 0.25) is 0 Å². The number of fused-ring (bicyclic) bond motifs is 1. The smallest absolute Gasteiger partial charge is 0.0398 e. The highest BCUT2D eigenvalue weighted by Crippen LogP contribution is 2.41. The van der Waals surface area contributed by atoms with Gasteiger partial charge in [-0.25, -0.2) is 0 Å². The van der Waals surface area contributed by atoms with E-state index in [4.69, 9.17) is 0 Å². The van der Waals surface area contributed by atoms with E-state index in [2.05, 4.69) is 34.1 Å². The zero-order valence-electron chi connectivity index (χ0n) is 9.01. The molecule has 0 bridgehead atoms. The Morgan fingerprint density at radius 1 is 1.20 bits per heavy atom. The molecular formula is C14H17Br. The Bertz CT molecular complexity index is 366. The number of hydrogen-bond acceptors (Lipinski definition) is 0. The molecule has 0 amide bonds. The van der Waals surface area contributed by atoms with Crippen molar-refractivity contribution in [3.63, 3.8) is 0 Å². The molecule has 0 aromatic heterocycles. The highest BCUT2D eigenvalue weighted by molar-refractivity contribution is 9.09. The van der Waals surface area contributed by atoms with Gasteiger partial charge in [-0.05, 0) is 48.3 Å². The molecule has 0 N–H and O–H groups in total. The fraction of sp³-hybridized carbons (Fsp3) is 0.571. The van der Waals surface area contributed by atoms with Crippen molar-refractivity contribution < 1.29 is 0 Å². The van der Waals surface area contributed by atoms with Gasteiger partial charge in [0.25, 0.3) is 0 Å². The van der Waals surface area contributed by atoms with E-state index in [1.54, 1.807) is 11.1 Å². The van der Waals surface area contributed by atoms with Gasteiger partial charge in [0.1, 0.15) is 0 Å². The molecule has 1 unspecified atom stereocenters. The molecule has 0 radical (unpaired) electrons. The van der Waals surface area contributed by atoms with Gasteiger partial charge in [-0.15, -0.1) is 0 Å². The van der Waals surface area contributed by atoms with Crippen LogP contribution in [0.5, 0.6) is 0 Å². The molecule has 1 heteroatoms. The Morgan fingerprint density at radius 3 is 2.80 bits per heavy atom. The number of hydrogen-bond donors (Lipinski definition) is 0. The van der Waals surface area contributed by atoms with Gasteiger partial charge in [0.15, 0.2) is 0 Å². The summed E-state index contributed by atoms with van der Waals surface area (Å²) >= 11 is 3.83. The fourth-order valence-corrected chi connectivity index (χ4v) is 3.38. The minimum atomic E-state index is 0.593. The van der Waals surface area contributed by atoms with Gasteiger partial charge in [-0.3, -0.25) is 0 Å². The van der Waals surface area contributed by atoms with Crippen LogP contribution >= 0.6 is 15.9 Å². The molecule has 0 heterocycles. The summed E-state index contributed by atoms with van der Waals surface area (Å²) in [6.45, 7) is 0. The van der Waals surface area contributed by atoms with Gasteiger partial charge in [0, 0.05) is 4.83 Å². The zero-order valence-corrected chi connectivity index (χ0v) is 10.6. The summed E-state index contributed by atoms with van der Waals surface area (Å²) in [5, 5.41) is 0. The molecule has 2 aliphatic carbocycles. The second kappa shape index (κ2) is 3.93. The number of aryl methyl sites for hydroxylation is 2. The van der Waals surface area contributed by atoms with E-state index in [0.717, 1.165) is 5.92 Å². The molecule has 0 spiro atoms. The number of halogens is 1. The summed E-state index contributed by atoms with van der Waals surface area (Å²) in [6, 6.07) is 7.11. The number of benzene rings is 1. The SMILES string of the molecule is BrC(CC1CC1)c1ccc2c(c1)CCC2. The summed E-state index contributed by atoms with van der Waals surface area (Å²) in [6.07, 6.45) is 8.19. The second-order valence-electron chi connectivity index (χ2n) is 5.03. The van der Waals surface area contributed by atoms with Gasteiger partial charge >= 0.3 is 0 Å². The minimum absolute atomic E-state index is 0.593. The Morgan fingerprint density at radius 2 is 2.00 bits per heavy atom. The Hall–Kier alpha value is -0.300. The number of alkyl halides is 1. The van der Waals surface area contributed by atoms with Crippen LogP contribution in [0.4, 0.5) is 0 Å². The topological polar surface area (TPSA) is 0 Å². The lowest BCUT2D eigenvalue weighted by atomic mass is 10.0. The summed E-state index contributed by atoms with van der Waals surface area (Å²) in [7, 11) is 0. The van der Waals surface area contributed by atoms with Crippen LogP contribution in [-0.2, 0) is 12.8 Å². The van der Waals surface area contributed by atoms with Crippen molar-refractivity contribution in [3.05, 3.63) is 34.9 Å². The third kappa shape index (κ3) is 2.13. The maximum absolute atomic E-state index is 3.83. The molecule has 1 atom stereocenters. The van der Waals surface area contributed by atoms with Gasteiger partial charge in [-0.1, -0.05) is 47.0 Å². The van der Waals surface area contributed by atoms with Crippen molar-refractivity contribution in [2.24, 2.45) is 5.92 Å². The Kier molecular flexibility index (Phi) is 2.59. The quantitative estimate of drug-likeness (QED) is 0.710. The van der Waals surface area contributed by atoms with E-state index in [0.29, 0.717) is 4.83 Å². The standard InChI is InChI=1S/C14H17Br/c15-14(8-10-4-5-10)13-7-6-11-2-1-3-12(11)9-13/h6-7,9-10,14H,1-5,8H2. The van der Waals surface area contributed by atoms with Gasteiger partial charge < -0.3 is 0 Å². The maximum Gasteiger partial charge on any atom is 0.0398 e. The van der Waals surface area contributed by atoms with Gasteiger partial charge in [0.2, 0.25) is 0 Å². The van der Waals surface area contributed by atoms with E-state index in [-0.39, 0.29) is 0 Å². The van der Waals surface area contributed by atoms with Crippen molar-refractivity contribution in [1.29, 1.82) is 0 Å². The van der Waals surface area contributed by atoms with Crippen molar-refractivity contribution in [2.45, 2.75) is 43.4 Å². The molecule has 1 aromatic carbocycles. The lowest BCUT2D eigenvalue weighted by molar-refractivity contribution is 0.721. The van der Waals surface area contributed by atoms with Crippen LogP contribution in [0.15, 0.2) is 18.2 Å². The molecule has 2 aliphatic rings. The minimum Gasteiger partial charge on any atom is -0.0839 e. The average molecular weight is 265 g/mol. The van der Waals surface area contributed by atoms with Crippen molar-refractivity contribution >= 4 is 15.9 Å². The van der Waals surface area contributed by atoms with E-state index in [1.807, 2.05) is 0 Å². The average Bonchev–Trinajstić information content (AvgIpc) is 2.94. The van der Waals surface area contributed by atoms with E-state index in [1.165, 1.54) is 44.1 Å². The summed E-state index contributed by atoms with van der Waals surface area (Å²) < 4.78 is 0. The van der Waals surface area contributed by atoms with Crippen LogP contribution in [0.25, 0.3) is 0 Å². The molecule has 80 valence electrons. The van der Waals surface area contributed by atoms with E-state index in [9.17, 15) is 0 Å². The summed E-state index contributed by atoms with van der Waals surface area (Å²) in [5.41, 5.74) is 4.69. The van der Waals surface area contributed by atoms with Crippen molar-refractivity contribution in [3.8, 4) is 0 Å². The second-order valence-corrected chi connectivity index (χ2v) is 6.13. The predicted octanol–water partition coefficient (Wildman–Crippen LogP) is 4.41. The molecule has 3 rings (SSSR count). The van der Waals surface area contributed by atoms with Crippen LogP contribution < -0.4 is 0 Å². The predicted molar refractivity (Wildman–Crippen MR) is 67.5 cm³/mol. The molecular weight excluding hydrogens is 248 g/mol. The van der Waals surface area contributed by atoms with E-state index >= 15 is 0 Å². The number of rotatable bonds is 3. The highest BCUT2D eigenvalue weighted by atomic mass is 79.9. The Labute approximate surface area is 100 Å². The first-order valence-corrected chi connectivity index (χ1v) is 7.00. The van der Waals surface area contributed by atoms with E-state index < -0.39 is 0 Å². The fourth-order valence-electron chi connectivity index (χ4n) is 2.57. The normalized spacial score (nSPS) is 21.4. The summed E-state index contributed by atoms with van der Waals surface area (Å²) in [5.74, 6) is 1.00. The van der Waals surface area contributed by atoms with Crippen LogP contribution in [-0.4, -0.2) is 0 Å². The molecule has 0 aliphatic heterocycles. The lowest BCUT2D eigenvalue weighted by Crippen LogP contribution is -1.93. The third-order valence-corrected chi connectivity index (χ3v) is 4.62. The third-order valence-electron chi connectivity index (χ3n) is 3.72. The monoisotopic (exact) mass is 264 g/mol. The largest absolute Gasteiger partial charge is 0.0839 e. The first-order valence-electron chi connectivity index (χ1n) is 6.09. The van der Waals surface area contributed by atoms with Crippen LogP contribution in [0, 0.1) is 5.92 Å². The molecule has 1 aromatic rings. The van der Waals surface area contributed by atoms with Crippen LogP contribution in [0.1, 0.15) is 47.2 Å². The maximum atomic E-state index is 3.83.